The van der Waals surface area contributed by atoms with Crippen molar-refractivity contribution in [1.82, 2.24) is 4.90 Å². The van der Waals surface area contributed by atoms with Crippen LogP contribution in [0.15, 0.2) is 29.3 Å². The summed E-state index contributed by atoms with van der Waals surface area (Å²) >= 11 is 0. The van der Waals surface area contributed by atoms with E-state index in [2.05, 4.69) is 29.4 Å². The average Bonchev–Trinajstić information content (AvgIpc) is 2.60. The summed E-state index contributed by atoms with van der Waals surface area (Å²) in [6, 6.07) is 8.41. The zero-order valence-corrected chi connectivity index (χ0v) is 14.2. The fourth-order valence-electron chi connectivity index (χ4n) is 2.95. The lowest BCUT2D eigenvalue weighted by molar-refractivity contribution is -0.130. The summed E-state index contributed by atoms with van der Waals surface area (Å²) < 4.78 is 0. The summed E-state index contributed by atoms with van der Waals surface area (Å²) in [5.74, 6) is 0.308. The van der Waals surface area contributed by atoms with E-state index in [4.69, 9.17) is 5.73 Å². The second kappa shape index (κ2) is 8.56. The number of hydrogen-bond acceptors (Lipinski definition) is 2. The summed E-state index contributed by atoms with van der Waals surface area (Å²) in [7, 11) is 1.88. The zero-order chi connectivity index (χ0) is 16.7. The Hall–Kier alpha value is -2.04. The smallest absolute Gasteiger partial charge is 0.244 e. The van der Waals surface area contributed by atoms with Crippen molar-refractivity contribution in [3.63, 3.8) is 0 Å². The maximum absolute atomic E-state index is 12.2. The normalized spacial score (nSPS) is 16.2. The van der Waals surface area contributed by atoms with Crippen molar-refractivity contribution in [2.75, 3.05) is 18.9 Å². The highest BCUT2D eigenvalue weighted by molar-refractivity contribution is 5.93. The molecule has 0 radical (unpaired) electrons. The Labute approximate surface area is 139 Å². The maximum Gasteiger partial charge on any atom is 0.244 e. The van der Waals surface area contributed by atoms with Crippen LogP contribution in [0.1, 0.15) is 44.6 Å². The van der Waals surface area contributed by atoms with Gasteiger partial charge in [-0.3, -0.25) is 4.79 Å². The third-order valence-corrected chi connectivity index (χ3v) is 4.54. The lowest BCUT2D eigenvalue weighted by Crippen LogP contribution is -2.40. The van der Waals surface area contributed by atoms with Crippen LogP contribution in [0.2, 0.25) is 0 Å². The van der Waals surface area contributed by atoms with Crippen molar-refractivity contribution in [3.8, 4) is 0 Å². The molecule has 3 N–H and O–H groups in total. The number of benzene rings is 1. The molecule has 5 heteroatoms. The number of nitrogens with one attached hydrogen (secondary N) is 1. The highest BCUT2D eigenvalue weighted by Gasteiger charge is 2.21. The van der Waals surface area contributed by atoms with Crippen molar-refractivity contribution in [3.05, 3.63) is 29.8 Å². The van der Waals surface area contributed by atoms with Crippen LogP contribution in [0.4, 0.5) is 5.69 Å². The summed E-state index contributed by atoms with van der Waals surface area (Å²) in [5, 5.41) is 3.02. The van der Waals surface area contributed by atoms with Gasteiger partial charge in [0.05, 0.1) is 0 Å². The number of amides is 1. The van der Waals surface area contributed by atoms with E-state index in [1.165, 1.54) is 24.8 Å². The minimum Gasteiger partial charge on any atom is -0.370 e. The van der Waals surface area contributed by atoms with Crippen LogP contribution in [-0.4, -0.2) is 36.4 Å². The van der Waals surface area contributed by atoms with Gasteiger partial charge in [-0.25, -0.2) is 4.99 Å². The molecular weight excluding hydrogens is 288 g/mol. The van der Waals surface area contributed by atoms with E-state index in [1.807, 2.05) is 24.1 Å². The van der Waals surface area contributed by atoms with Crippen molar-refractivity contribution < 1.29 is 4.79 Å². The SMILES string of the molecule is CCc1ccc(NC(N)=NCC(=O)N(C)C2CCCCC2)cc1. The number of guanidine groups is 1. The number of rotatable bonds is 5. The fraction of sp³-hybridized carbons (Fsp3) is 0.556. The quantitative estimate of drug-likeness (QED) is 0.648. The van der Waals surface area contributed by atoms with Crippen LogP contribution in [-0.2, 0) is 11.2 Å². The van der Waals surface area contributed by atoms with Crippen molar-refractivity contribution >= 4 is 17.6 Å². The number of aliphatic imine (C=N–C) groups is 1. The van der Waals surface area contributed by atoms with E-state index >= 15 is 0 Å². The van der Waals surface area contributed by atoms with E-state index in [-0.39, 0.29) is 18.4 Å². The number of carbonyl (C=O) groups excluding carboxylic acids is 1. The predicted octanol–water partition coefficient (Wildman–Crippen LogP) is 2.77. The lowest BCUT2D eigenvalue weighted by Gasteiger charge is -2.30. The first-order valence-electron chi connectivity index (χ1n) is 8.51. The van der Waals surface area contributed by atoms with Gasteiger partial charge in [0.1, 0.15) is 6.54 Å². The molecule has 0 unspecified atom stereocenters. The molecule has 0 aliphatic heterocycles. The molecule has 1 aliphatic carbocycles. The summed E-state index contributed by atoms with van der Waals surface area (Å²) in [6.45, 7) is 2.21. The molecule has 126 valence electrons. The minimum atomic E-state index is 0.0305. The molecule has 0 spiro atoms. The fourth-order valence-corrected chi connectivity index (χ4v) is 2.95. The van der Waals surface area contributed by atoms with Gasteiger partial charge >= 0.3 is 0 Å². The first-order chi connectivity index (χ1) is 11.1. The number of nitrogens with zero attached hydrogens (tertiary/aromatic N) is 2. The first-order valence-corrected chi connectivity index (χ1v) is 8.51. The molecular formula is C18H28N4O. The highest BCUT2D eigenvalue weighted by Crippen LogP contribution is 2.21. The largest absolute Gasteiger partial charge is 0.370 e. The van der Waals surface area contributed by atoms with E-state index in [0.29, 0.717) is 6.04 Å². The van der Waals surface area contributed by atoms with Gasteiger partial charge in [0, 0.05) is 18.8 Å². The third-order valence-electron chi connectivity index (χ3n) is 4.54. The molecule has 1 fully saturated rings. The molecule has 0 aromatic heterocycles. The van der Waals surface area contributed by atoms with Gasteiger partial charge in [-0.2, -0.15) is 0 Å². The molecule has 1 aromatic rings. The Kier molecular flexibility index (Phi) is 6.44. The maximum atomic E-state index is 12.2. The van der Waals surface area contributed by atoms with E-state index < -0.39 is 0 Å². The topological polar surface area (TPSA) is 70.7 Å². The number of carbonyl (C=O) groups is 1. The van der Waals surface area contributed by atoms with Crippen molar-refractivity contribution in [1.29, 1.82) is 0 Å². The Morgan fingerprint density at radius 1 is 1.26 bits per heavy atom. The Bertz CT molecular complexity index is 532. The number of likely N-dealkylation sites (N-methyl/N-ethyl adjacent to an activating group) is 1. The Morgan fingerprint density at radius 3 is 2.52 bits per heavy atom. The third kappa shape index (κ3) is 5.27. The van der Waals surface area contributed by atoms with E-state index in [9.17, 15) is 4.79 Å². The highest BCUT2D eigenvalue weighted by atomic mass is 16.2. The van der Waals surface area contributed by atoms with E-state index in [1.54, 1.807) is 0 Å². The summed E-state index contributed by atoms with van der Waals surface area (Å²) in [4.78, 5) is 18.2. The number of aryl methyl sites for hydroxylation is 1. The second-order valence-corrected chi connectivity index (χ2v) is 6.17. The summed E-state index contributed by atoms with van der Waals surface area (Å²) in [6.07, 6.45) is 6.91. The average molecular weight is 316 g/mol. The van der Waals surface area contributed by atoms with Gasteiger partial charge in [0.2, 0.25) is 5.91 Å². The standard InChI is InChI=1S/C18H28N4O/c1-3-14-9-11-15(12-10-14)21-18(19)20-13-17(23)22(2)16-7-5-4-6-8-16/h9-12,16H,3-8,13H2,1-2H3,(H3,19,20,21). The zero-order valence-electron chi connectivity index (χ0n) is 14.2. The first kappa shape index (κ1) is 17.3. The molecule has 23 heavy (non-hydrogen) atoms. The molecule has 1 amide bonds. The van der Waals surface area contributed by atoms with Crippen molar-refractivity contribution in [2.24, 2.45) is 10.7 Å². The minimum absolute atomic E-state index is 0.0305. The van der Waals surface area contributed by atoms with Crippen LogP contribution in [0.3, 0.4) is 0 Å². The number of nitrogens with two attached hydrogens (primary N) is 1. The Balaban J connectivity index is 1.83. The molecule has 5 nitrogen and oxygen atoms in total. The summed E-state index contributed by atoms with van der Waals surface area (Å²) in [5.41, 5.74) is 8.03. The predicted molar refractivity (Wildman–Crippen MR) is 95.6 cm³/mol. The van der Waals surface area contributed by atoms with Gasteiger partial charge < -0.3 is 16.0 Å². The van der Waals surface area contributed by atoms with Crippen LogP contribution in [0, 0.1) is 0 Å². The Morgan fingerprint density at radius 2 is 1.91 bits per heavy atom. The van der Waals surface area contributed by atoms with Gasteiger partial charge in [-0.1, -0.05) is 38.3 Å². The number of hydrogen-bond donors (Lipinski definition) is 2. The molecule has 0 atom stereocenters. The number of anilines is 1. The molecule has 2 rings (SSSR count). The van der Waals surface area contributed by atoms with Gasteiger partial charge in [-0.05, 0) is 37.0 Å². The monoisotopic (exact) mass is 316 g/mol. The second-order valence-electron chi connectivity index (χ2n) is 6.17. The molecule has 0 saturated heterocycles. The molecule has 1 saturated carbocycles. The molecule has 0 bridgehead atoms. The van der Waals surface area contributed by atoms with Gasteiger partial charge in [0.15, 0.2) is 5.96 Å². The van der Waals surface area contributed by atoms with Gasteiger partial charge in [0.25, 0.3) is 0 Å². The molecule has 0 heterocycles. The van der Waals surface area contributed by atoms with Crippen LogP contribution < -0.4 is 11.1 Å². The van der Waals surface area contributed by atoms with Crippen LogP contribution >= 0.6 is 0 Å². The van der Waals surface area contributed by atoms with Crippen LogP contribution in [0.25, 0.3) is 0 Å². The van der Waals surface area contributed by atoms with Crippen LogP contribution in [0.5, 0.6) is 0 Å². The lowest BCUT2D eigenvalue weighted by atomic mass is 9.94. The van der Waals surface area contributed by atoms with Crippen molar-refractivity contribution in [2.45, 2.75) is 51.5 Å². The molecule has 1 aliphatic rings. The molecule has 1 aromatic carbocycles. The van der Waals surface area contributed by atoms with Gasteiger partial charge in [-0.15, -0.1) is 0 Å². The van der Waals surface area contributed by atoms with E-state index in [0.717, 1.165) is 24.9 Å².